The number of allylic oxidation sites excluding steroid dienone is 2. The Morgan fingerprint density at radius 1 is 0.706 bits per heavy atom. The Morgan fingerprint density at radius 3 is 2.25 bits per heavy atom. The van der Waals surface area contributed by atoms with Gasteiger partial charge in [-0.3, -0.25) is 0 Å². The second kappa shape index (κ2) is 11.7. The summed E-state index contributed by atoms with van der Waals surface area (Å²) in [4.78, 5) is 5.25. The van der Waals surface area contributed by atoms with Crippen molar-refractivity contribution < 1.29 is 4.42 Å². The molecule has 0 spiro atoms. The molecule has 2 atom stereocenters. The number of benzene rings is 6. The number of amidine groups is 1. The lowest BCUT2D eigenvalue weighted by molar-refractivity contribution is 0.204. The number of aromatic nitrogens is 1. The molecule has 3 heterocycles. The van der Waals surface area contributed by atoms with Crippen molar-refractivity contribution in [3.05, 3.63) is 181 Å². The Balaban J connectivity index is 1.06. The highest BCUT2D eigenvalue weighted by Gasteiger charge is 2.34. The third-order valence-corrected chi connectivity index (χ3v) is 10.6. The SMILES string of the molecule is CC1(n2c3ccccc3c3ccc(-c4cccc5c4oc4ccccc45)cc32)C=CC(C2N=C(c3ccccc3)NN2Cc2ccccc2)=CC1. The van der Waals surface area contributed by atoms with Gasteiger partial charge in [0.15, 0.2) is 0 Å². The molecular weight excluding hydrogens is 625 g/mol. The van der Waals surface area contributed by atoms with Gasteiger partial charge >= 0.3 is 0 Å². The van der Waals surface area contributed by atoms with Crippen LogP contribution in [0.25, 0.3) is 54.9 Å². The van der Waals surface area contributed by atoms with Gasteiger partial charge in [-0.25, -0.2) is 4.99 Å². The minimum atomic E-state index is -0.295. The van der Waals surface area contributed by atoms with Crippen LogP contribution >= 0.6 is 0 Å². The molecular formula is C46H36N4O. The number of hydrogen-bond donors (Lipinski definition) is 1. The van der Waals surface area contributed by atoms with E-state index < -0.39 is 0 Å². The van der Waals surface area contributed by atoms with Gasteiger partial charge in [0.05, 0.1) is 11.1 Å². The molecule has 0 amide bonds. The van der Waals surface area contributed by atoms with E-state index in [0.29, 0.717) is 0 Å². The maximum absolute atomic E-state index is 6.47. The van der Waals surface area contributed by atoms with Crippen LogP contribution in [0, 0.1) is 0 Å². The van der Waals surface area contributed by atoms with Crippen LogP contribution in [0.3, 0.4) is 0 Å². The van der Waals surface area contributed by atoms with Crippen molar-refractivity contribution in [2.24, 2.45) is 4.99 Å². The van der Waals surface area contributed by atoms with Crippen LogP contribution < -0.4 is 5.43 Å². The molecule has 0 saturated carbocycles. The molecule has 5 nitrogen and oxygen atoms in total. The molecule has 8 aromatic rings. The summed E-state index contributed by atoms with van der Waals surface area (Å²) in [5, 5.41) is 7.05. The summed E-state index contributed by atoms with van der Waals surface area (Å²) in [6.07, 6.45) is 7.77. The van der Waals surface area contributed by atoms with Gasteiger partial charge in [-0.15, -0.1) is 0 Å². The fourth-order valence-electron chi connectivity index (χ4n) is 8.07. The summed E-state index contributed by atoms with van der Waals surface area (Å²) in [6.45, 7) is 3.09. The van der Waals surface area contributed by atoms with Gasteiger partial charge in [-0.1, -0.05) is 146 Å². The van der Waals surface area contributed by atoms with Crippen molar-refractivity contribution in [3.63, 3.8) is 0 Å². The Bertz CT molecular complexity index is 2700. The van der Waals surface area contributed by atoms with Crippen LogP contribution in [0.4, 0.5) is 0 Å². The van der Waals surface area contributed by atoms with Crippen molar-refractivity contribution in [3.8, 4) is 11.1 Å². The van der Waals surface area contributed by atoms with E-state index in [0.717, 1.165) is 57.4 Å². The van der Waals surface area contributed by atoms with Gasteiger partial charge in [0.2, 0.25) is 0 Å². The molecule has 0 saturated heterocycles. The first kappa shape index (κ1) is 29.7. The maximum atomic E-state index is 6.47. The number of fused-ring (bicyclic) bond motifs is 6. The van der Waals surface area contributed by atoms with Gasteiger partial charge in [0.1, 0.15) is 23.2 Å². The average Bonchev–Trinajstić information content (AvgIpc) is 3.88. The predicted molar refractivity (Wildman–Crippen MR) is 210 cm³/mol. The van der Waals surface area contributed by atoms with Crippen molar-refractivity contribution >= 4 is 49.6 Å². The third kappa shape index (κ3) is 4.92. The fourth-order valence-corrected chi connectivity index (χ4v) is 8.07. The lowest BCUT2D eigenvalue weighted by Gasteiger charge is -2.34. The van der Waals surface area contributed by atoms with E-state index >= 15 is 0 Å². The monoisotopic (exact) mass is 660 g/mol. The van der Waals surface area contributed by atoms with E-state index in [1.807, 2.05) is 12.1 Å². The van der Waals surface area contributed by atoms with E-state index in [-0.39, 0.29) is 11.7 Å². The lowest BCUT2D eigenvalue weighted by atomic mass is 9.88. The number of hydrazine groups is 1. The maximum Gasteiger partial charge on any atom is 0.147 e. The van der Waals surface area contributed by atoms with Crippen LogP contribution in [0.5, 0.6) is 0 Å². The molecule has 0 fully saturated rings. The molecule has 2 aromatic heterocycles. The molecule has 1 N–H and O–H groups in total. The third-order valence-electron chi connectivity index (χ3n) is 10.6. The number of furan rings is 1. The molecule has 1 aliphatic carbocycles. The van der Waals surface area contributed by atoms with Crippen LogP contribution in [0.1, 0.15) is 24.5 Å². The van der Waals surface area contributed by atoms with Gasteiger partial charge in [-0.2, -0.15) is 5.01 Å². The largest absolute Gasteiger partial charge is 0.455 e. The molecule has 2 unspecified atom stereocenters. The lowest BCUT2D eigenvalue weighted by Crippen LogP contribution is -2.41. The Kier molecular flexibility index (Phi) is 6.83. The van der Waals surface area contributed by atoms with E-state index in [1.165, 1.54) is 32.9 Å². The first-order chi connectivity index (χ1) is 25.1. The van der Waals surface area contributed by atoms with E-state index in [9.17, 15) is 0 Å². The summed E-state index contributed by atoms with van der Waals surface area (Å²) in [5.41, 5.74) is 13.4. The molecule has 6 aromatic carbocycles. The fraction of sp³-hybridized carbons (Fsp3) is 0.109. The summed E-state index contributed by atoms with van der Waals surface area (Å²) >= 11 is 0. The zero-order valence-electron chi connectivity index (χ0n) is 28.3. The quantitative estimate of drug-likeness (QED) is 0.193. The number of aliphatic imine (C=N–C) groups is 1. The molecule has 0 bridgehead atoms. The van der Waals surface area contributed by atoms with Crippen molar-refractivity contribution in [1.29, 1.82) is 0 Å². The Hall–Kier alpha value is -6.17. The Labute approximate surface area is 296 Å². The standard InChI is InChI=1S/C46H36N4O/c1-46(27-25-33(26-28-46)45-47-44(32-15-6-3-7-16-32)48-49(45)30-31-13-4-2-5-14-31)50-40-21-10-8-17-36(40)37-24-23-34(29-41(37)50)35-19-12-20-39-38-18-9-11-22-42(38)51-43(35)39/h2-27,29,45H,28,30H2,1H3,(H,47,48). The first-order valence-electron chi connectivity index (χ1n) is 17.7. The van der Waals surface area contributed by atoms with E-state index in [2.05, 4.69) is 174 Å². The zero-order chi connectivity index (χ0) is 33.9. The summed E-state index contributed by atoms with van der Waals surface area (Å²) in [6, 6.07) is 51.5. The summed E-state index contributed by atoms with van der Waals surface area (Å²) in [7, 11) is 0. The number of nitrogens with zero attached hydrogens (tertiary/aromatic N) is 3. The van der Waals surface area contributed by atoms with Gasteiger partial charge in [0.25, 0.3) is 0 Å². The van der Waals surface area contributed by atoms with Gasteiger partial charge in [0, 0.05) is 44.7 Å². The highest BCUT2D eigenvalue weighted by atomic mass is 16.3. The predicted octanol–water partition coefficient (Wildman–Crippen LogP) is 10.8. The van der Waals surface area contributed by atoms with E-state index in [4.69, 9.17) is 9.41 Å². The number of rotatable bonds is 6. The van der Waals surface area contributed by atoms with Crippen LogP contribution in [0.2, 0.25) is 0 Å². The first-order valence-corrected chi connectivity index (χ1v) is 17.7. The van der Waals surface area contributed by atoms with Crippen LogP contribution in [-0.4, -0.2) is 21.6 Å². The van der Waals surface area contributed by atoms with Gasteiger partial charge < -0.3 is 14.4 Å². The van der Waals surface area contributed by atoms with Gasteiger partial charge in [-0.05, 0) is 48.2 Å². The highest BCUT2D eigenvalue weighted by molar-refractivity contribution is 6.12. The normalized spacial score (nSPS) is 19.2. The summed E-state index contributed by atoms with van der Waals surface area (Å²) in [5.74, 6) is 0.897. The average molecular weight is 661 g/mol. The second-order valence-corrected chi connectivity index (χ2v) is 13.9. The Morgan fingerprint density at radius 2 is 1.43 bits per heavy atom. The van der Waals surface area contributed by atoms with Crippen molar-refractivity contribution in [2.45, 2.75) is 31.6 Å². The number of hydrogen-bond acceptors (Lipinski definition) is 4. The number of para-hydroxylation sites is 3. The molecule has 10 rings (SSSR count). The second-order valence-electron chi connectivity index (χ2n) is 13.9. The van der Waals surface area contributed by atoms with Crippen LogP contribution in [-0.2, 0) is 12.1 Å². The highest BCUT2D eigenvalue weighted by Crippen LogP contribution is 2.42. The molecule has 0 radical (unpaired) electrons. The molecule has 2 aliphatic rings. The van der Waals surface area contributed by atoms with Crippen LogP contribution in [0.15, 0.2) is 179 Å². The molecule has 246 valence electrons. The summed E-state index contributed by atoms with van der Waals surface area (Å²) < 4.78 is 9.01. The smallest absolute Gasteiger partial charge is 0.147 e. The molecule has 1 aliphatic heterocycles. The number of nitrogens with one attached hydrogen (secondary N) is 1. The minimum Gasteiger partial charge on any atom is -0.455 e. The van der Waals surface area contributed by atoms with Crippen molar-refractivity contribution in [2.75, 3.05) is 0 Å². The molecule has 51 heavy (non-hydrogen) atoms. The minimum absolute atomic E-state index is 0.143. The van der Waals surface area contributed by atoms with E-state index in [1.54, 1.807) is 0 Å². The topological polar surface area (TPSA) is 45.7 Å². The molecule has 5 heteroatoms. The van der Waals surface area contributed by atoms with Crippen molar-refractivity contribution in [1.82, 2.24) is 15.0 Å². The zero-order valence-corrected chi connectivity index (χ0v) is 28.3.